The van der Waals surface area contributed by atoms with E-state index in [0.29, 0.717) is 75.8 Å². The molecule has 0 saturated heterocycles. The van der Waals surface area contributed by atoms with Crippen LogP contribution in [0.1, 0.15) is 222 Å². The lowest BCUT2D eigenvalue weighted by Crippen LogP contribution is -2.32. The van der Waals surface area contributed by atoms with Crippen molar-refractivity contribution in [2.45, 2.75) is 222 Å². The summed E-state index contributed by atoms with van der Waals surface area (Å²) in [6, 6.07) is 0. The lowest BCUT2D eigenvalue weighted by molar-refractivity contribution is -0.145. The zero-order valence-corrected chi connectivity index (χ0v) is 44.8. The van der Waals surface area contributed by atoms with Crippen LogP contribution in [0.15, 0.2) is 0 Å². The molecule has 0 saturated carbocycles. The Labute approximate surface area is 407 Å². The first-order valence-corrected chi connectivity index (χ1v) is 27.4. The molecule has 0 aliphatic heterocycles. The summed E-state index contributed by atoms with van der Waals surface area (Å²) < 4.78 is 21.8. The third kappa shape index (κ3) is 46.9. The van der Waals surface area contributed by atoms with Gasteiger partial charge in [0.05, 0.1) is 26.4 Å². The number of rotatable bonds is 48. The summed E-state index contributed by atoms with van der Waals surface area (Å²) in [7, 11) is 2.27. The van der Waals surface area contributed by atoms with E-state index in [1.165, 1.54) is 0 Å². The normalized spacial score (nSPS) is 11.9. The summed E-state index contributed by atoms with van der Waals surface area (Å²) in [4.78, 5) is 55.7. The summed E-state index contributed by atoms with van der Waals surface area (Å²) in [5, 5.41) is 0. The highest BCUT2D eigenvalue weighted by atomic mass is 16.5. The minimum Gasteiger partial charge on any atom is -0.466 e. The Morgan fingerprint density at radius 3 is 0.742 bits per heavy atom. The zero-order valence-electron chi connectivity index (χ0n) is 44.8. The molecule has 390 valence electrons. The maximum absolute atomic E-state index is 12.0. The van der Waals surface area contributed by atoms with Gasteiger partial charge in [-0.25, -0.2) is 0 Å². The highest BCUT2D eigenvalue weighted by molar-refractivity contribution is 5.70. The maximum Gasteiger partial charge on any atom is 0.305 e. The van der Waals surface area contributed by atoms with Crippen LogP contribution in [-0.2, 0) is 38.1 Å². The van der Waals surface area contributed by atoms with Crippen LogP contribution in [0.5, 0.6) is 0 Å². The summed E-state index contributed by atoms with van der Waals surface area (Å²) in [5.41, 5.74) is 0. The van der Waals surface area contributed by atoms with Crippen molar-refractivity contribution in [3.8, 4) is 0 Å². The number of hydrogen-bond donors (Lipinski definition) is 0. The van der Waals surface area contributed by atoms with Crippen molar-refractivity contribution >= 4 is 23.9 Å². The highest BCUT2D eigenvalue weighted by Gasteiger charge is 2.11. The molecular formula is C55H107N3O8. The van der Waals surface area contributed by atoms with Crippen molar-refractivity contribution in [1.82, 2.24) is 14.7 Å². The van der Waals surface area contributed by atoms with Crippen LogP contribution < -0.4 is 0 Å². The van der Waals surface area contributed by atoms with Gasteiger partial charge in [0.15, 0.2) is 0 Å². The Morgan fingerprint density at radius 1 is 0.303 bits per heavy atom. The summed E-state index contributed by atoms with van der Waals surface area (Å²) >= 11 is 0. The lowest BCUT2D eigenvalue weighted by atomic mass is 10.1. The monoisotopic (exact) mass is 938 g/mol. The Morgan fingerprint density at radius 2 is 0.515 bits per heavy atom. The van der Waals surface area contributed by atoms with Gasteiger partial charge in [-0.05, 0) is 173 Å². The first kappa shape index (κ1) is 63.8. The number of carbonyl (C=O) groups is 4. The van der Waals surface area contributed by atoms with Gasteiger partial charge in [-0.2, -0.15) is 0 Å². The average molecular weight is 938 g/mol. The van der Waals surface area contributed by atoms with Gasteiger partial charge >= 0.3 is 23.9 Å². The van der Waals surface area contributed by atoms with Gasteiger partial charge in [0, 0.05) is 25.7 Å². The summed E-state index contributed by atoms with van der Waals surface area (Å²) in [5.74, 6) is 1.84. The molecule has 0 fully saturated rings. The van der Waals surface area contributed by atoms with Crippen LogP contribution in [0.3, 0.4) is 0 Å². The number of esters is 4. The molecule has 0 aliphatic rings. The second-order valence-corrected chi connectivity index (χ2v) is 21.0. The number of hydrogen-bond acceptors (Lipinski definition) is 11. The molecule has 0 aliphatic carbocycles. The van der Waals surface area contributed by atoms with Crippen LogP contribution in [0, 0.1) is 23.7 Å². The standard InChI is InChI=1S/C55H107N3O8/c1-48(2)28-32-52(59)63-44-22-14-10-18-38-57(39-19-11-15-23-45-64-53(60)33-29-49(3)4)42-26-36-56(9)37-27-43-58(40-20-12-16-24-46-65-54(61)34-30-50(5)6)41-21-13-17-25-47-66-55(62)35-31-51(7)8/h48-51H,10-47H2,1-9H3. The van der Waals surface area contributed by atoms with Gasteiger partial charge in [0.2, 0.25) is 0 Å². The van der Waals surface area contributed by atoms with E-state index < -0.39 is 0 Å². The quantitative estimate of drug-likeness (QED) is 0.0330. The number of ether oxygens (including phenoxy) is 4. The van der Waals surface area contributed by atoms with Crippen molar-refractivity contribution in [2.24, 2.45) is 23.7 Å². The topological polar surface area (TPSA) is 115 Å². The molecule has 0 rings (SSSR count). The minimum absolute atomic E-state index is 0.0605. The second-order valence-electron chi connectivity index (χ2n) is 21.0. The van der Waals surface area contributed by atoms with E-state index in [0.717, 1.165) is 194 Å². The van der Waals surface area contributed by atoms with Gasteiger partial charge in [0.25, 0.3) is 0 Å². The second kappa shape index (κ2) is 45.2. The van der Waals surface area contributed by atoms with Crippen LogP contribution >= 0.6 is 0 Å². The Bertz CT molecular complexity index is 987. The number of unbranched alkanes of at least 4 members (excludes halogenated alkanes) is 12. The molecule has 0 spiro atoms. The molecular weight excluding hydrogens is 831 g/mol. The minimum atomic E-state index is -0.0605. The number of nitrogens with zero attached hydrogens (tertiary/aromatic N) is 3. The first-order chi connectivity index (χ1) is 31.7. The van der Waals surface area contributed by atoms with Crippen molar-refractivity contribution in [1.29, 1.82) is 0 Å². The molecule has 11 nitrogen and oxygen atoms in total. The summed E-state index contributed by atoms with van der Waals surface area (Å²) in [6.45, 7) is 28.0. The fraction of sp³-hybridized carbons (Fsp3) is 0.927. The molecule has 0 atom stereocenters. The van der Waals surface area contributed by atoms with E-state index in [-0.39, 0.29) is 23.9 Å². The number of carbonyl (C=O) groups excluding carboxylic acids is 4. The SMILES string of the molecule is CC(C)CCC(=O)OCCCCCCN(CCCCCCOC(=O)CCC(C)C)CCCN(C)CCCN(CCCCCCOC(=O)CCC(C)C)CCCCCCOC(=O)CCC(C)C. The molecule has 0 heterocycles. The molecule has 0 aromatic carbocycles. The van der Waals surface area contributed by atoms with Gasteiger partial charge < -0.3 is 33.6 Å². The predicted molar refractivity (Wildman–Crippen MR) is 274 cm³/mol. The van der Waals surface area contributed by atoms with Crippen molar-refractivity contribution in [3.05, 3.63) is 0 Å². The predicted octanol–water partition coefficient (Wildman–Crippen LogP) is 12.5. The summed E-state index contributed by atoms with van der Waals surface area (Å²) in [6.07, 6.45) is 25.3. The molecule has 0 amide bonds. The van der Waals surface area contributed by atoms with Crippen molar-refractivity contribution < 1.29 is 38.1 Å². The molecule has 0 radical (unpaired) electrons. The van der Waals surface area contributed by atoms with Crippen LogP contribution in [0.2, 0.25) is 0 Å². The van der Waals surface area contributed by atoms with Gasteiger partial charge in [-0.15, -0.1) is 0 Å². The smallest absolute Gasteiger partial charge is 0.305 e. The molecule has 66 heavy (non-hydrogen) atoms. The fourth-order valence-corrected chi connectivity index (χ4v) is 7.73. The van der Waals surface area contributed by atoms with Crippen molar-refractivity contribution in [3.63, 3.8) is 0 Å². The highest BCUT2D eigenvalue weighted by Crippen LogP contribution is 2.13. The Hall–Kier alpha value is -2.24. The van der Waals surface area contributed by atoms with Crippen LogP contribution in [0.25, 0.3) is 0 Å². The van der Waals surface area contributed by atoms with Gasteiger partial charge in [-0.3, -0.25) is 19.2 Å². The Kier molecular flexibility index (Phi) is 43.7. The van der Waals surface area contributed by atoms with Gasteiger partial charge in [-0.1, -0.05) is 107 Å². The average Bonchev–Trinajstić information content (AvgIpc) is 3.26. The first-order valence-electron chi connectivity index (χ1n) is 27.4. The largest absolute Gasteiger partial charge is 0.466 e. The lowest BCUT2D eigenvalue weighted by Gasteiger charge is -2.26. The van der Waals surface area contributed by atoms with E-state index in [4.69, 9.17) is 18.9 Å². The van der Waals surface area contributed by atoms with E-state index >= 15 is 0 Å². The van der Waals surface area contributed by atoms with Gasteiger partial charge in [0.1, 0.15) is 0 Å². The third-order valence-corrected chi connectivity index (χ3v) is 12.3. The van der Waals surface area contributed by atoms with Crippen LogP contribution in [0.4, 0.5) is 0 Å². The molecule has 0 N–H and O–H groups in total. The molecule has 0 bridgehead atoms. The van der Waals surface area contributed by atoms with E-state index in [1.807, 2.05) is 0 Å². The molecule has 0 aromatic rings. The van der Waals surface area contributed by atoms with Crippen molar-refractivity contribution in [2.75, 3.05) is 85.8 Å². The Balaban J connectivity index is 4.84. The maximum atomic E-state index is 12.0. The van der Waals surface area contributed by atoms with Crippen LogP contribution in [-0.4, -0.2) is 124 Å². The van der Waals surface area contributed by atoms with E-state index in [2.05, 4.69) is 77.1 Å². The fourth-order valence-electron chi connectivity index (χ4n) is 7.73. The zero-order chi connectivity index (χ0) is 49.0. The molecule has 11 heteroatoms. The van der Waals surface area contributed by atoms with E-state index in [9.17, 15) is 19.2 Å². The molecule has 0 aromatic heterocycles. The molecule has 0 unspecified atom stereocenters. The van der Waals surface area contributed by atoms with E-state index in [1.54, 1.807) is 0 Å². The third-order valence-electron chi connectivity index (χ3n) is 12.3.